The first-order valence-corrected chi connectivity index (χ1v) is 9.90. The molecule has 150 valence electrons. The first kappa shape index (κ1) is 20.5. The fraction of sp³-hybridized carbons (Fsp3) is 0.231. The van der Waals surface area contributed by atoms with Gasteiger partial charge in [0.2, 0.25) is 0 Å². The molecule has 0 fully saturated rings. The van der Waals surface area contributed by atoms with E-state index in [9.17, 15) is 0 Å². The van der Waals surface area contributed by atoms with Crippen molar-refractivity contribution in [1.29, 1.82) is 0 Å². The van der Waals surface area contributed by atoms with Crippen LogP contribution in [-0.2, 0) is 19.6 Å². The van der Waals surface area contributed by atoms with Gasteiger partial charge in [-0.1, -0.05) is 48.5 Å². The van der Waals surface area contributed by atoms with Crippen molar-refractivity contribution in [2.75, 3.05) is 12.4 Å². The zero-order valence-electron chi connectivity index (χ0n) is 17.5. The van der Waals surface area contributed by atoms with Gasteiger partial charge < -0.3 is 14.8 Å². The molecule has 0 spiro atoms. The Hall–Kier alpha value is -3.20. The number of methoxy groups -OCH3 is 1. The molecular formula is C26H29NO2. The van der Waals surface area contributed by atoms with Crippen molar-refractivity contribution in [2.24, 2.45) is 0 Å². The van der Waals surface area contributed by atoms with Crippen molar-refractivity contribution < 1.29 is 9.47 Å². The maximum Gasteiger partial charge on any atom is 0.165 e. The van der Waals surface area contributed by atoms with Crippen LogP contribution < -0.4 is 14.8 Å². The molecule has 0 saturated heterocycles. The molecule has 0 saturated carbocycles. The van der Waals surface area contributed by atoms with E-state index < -0.39 is 0 Å². The standard InChI is InChI=1S/C26H29NO2/c1-5-10-23-15-22(17-27-24-14-9-11-19(2)20(24)3)16-25(28-4)26(23)29-18-21-12-7-6-8-13-21/h5-9,11-16,27H,1,10,17-18H2,2-4H3. The lowest BCUT2D eigenvalue weighted by atomic mass is 10.0. The van der Waals surface area contributed by atoms with Gasteiger partial charge in [0.15, 0.2) is 11.5 Å². The summed E-state index contributed by atoms with van der Waals surface area (Å²) in [5.41, 5.74) is 7.05. The fourth-order valence-electron chi connectivity index (χ4n) is 3.32. The Balaban J connectivity index is 1.82. The van der Waals surface area contributed by atoms with Gasteiger partial charge in [0, 0.05) is 17.8 Å². The minimum Gasteiger partial charge on any atom is -0.493 e. The summed E-state index contributed by atoms with van der Waals surface area (Å²) in [5.74, 6) is 1.53. The number of hydrogen-bond donors (Lipinski definition) is 1. The number of ether oxygens (including phenoxy) is 2. The van der Waals surface area contributed by atoms with Crippen LogP contribution in [0.2, 0.25) is 0 Å². The molecule has 0 amide bonds. The highest BCUT2D eigenvalue weighted by Crippen LogP contribution is 2.34. The van der Waals surface area contributed by atoms with Gasteiger partial charge in [-0.05, 0) is 60.7 Å². The normalized spacial score (nSPS) is 10.4. The van der Waals surface area contributed by atoms with Crippen LogP contribution in [0.5, 0.6) is 11.5 Å². The van der Waals surface area contributed by atoms with Crippen LogP contribution in [0, 0.1) is 13.8 Å². The smallest absolute Gasteiger partial charge is 0.165 e. The van der Waals surface area contributed by atoms with Gasteiger partial charge in [-0.15, -0.1) is 6.58 Å². The van der Waals surface area contributed by atoms with Gasteiger partial charge >= 0.3 is 0 Å². The Bertz CT molecular complexity index is 964. The molecule has 0 heterocycles. The predicted molar refractivity (Wildman–Crippen MR) is 121 cm³/mol. The second-order valence-corrected chi connectivity index (χ2v) is 7.15. The van der Waals surface area contributed by atoms with Crippen LogP contribution in [0.3, 0.4) is 0 Å². The number of aryl methyl sites for hydroxylation is 1. The Kier molecular flexibility index (Phi) is 6.96. The average Bonchev–Trinajstić information content (AvgIpc) is 2.74. The largest absolute Gasteiger partial charge is 0.493 e. The zero-order chi connectivity index (χ0) is 20.6. The molecule has 0 bridgehead atoms. The average molecular weight is 388 g/mol. The minimum absolute atomic E-state index is 0.501. The van der Waals surface area contributed by atoms with Gasteiger partial charge in [0.1, 0.15) is 6.61 Å². The van der Waals surface area contributed by atoms with Crippen molar-refractivity contribution in [3.05, 3.63) is 101 Å². The maximum atomic E-state index is 6.16. The van der Waals surface area contributed by atoms with E-state index in [4.69, 9.17) is 9.47 Å². The van der Waals surface area contributed by atoms with Gasteiger partial charge in [-0.25, -0.2) is 0 Å². The lowest BCUT2D eigenvalue weighted by Crippen LogP contribution is -2.05. The Morgan fingerprint density at radius 3 is 2.48 bits per heavy atom. The molecule has 3 nitrogen and oxygen atoms in total. The third-order valence-corrected chi connectivity index (χ3v) is 5.09. The molecular weight excluding hydrogens is 358 g/mol. The molecule has 0 aliphatic heterocycles. The third-order valence-electron chi connectivity index (χ3n) is 5.09. The summed E-state index contributed by atoms with van der Waals surface area (Å²) in [6.45, 7) is 9.39. The second kappa shape index (κ2) is 9.83. The Morgan fingerprint density at radius 1 is 0.966 bits per heavy atom. The van der Waals surface area contributed by atoms with Crippen LogP contribution in [0.4, 0.5) is 5.69 Å². The van der Waals surface area contributed by atoms with Crippen molar-refractivity contribution in [2.45, 2.75) is 33.4 Å². The van der Waals surface area contributed by atoms with E-state index in [-0.39, 0.29) is 0 Å². The molecule has 3 heteroatoms. The van der Waals surface area contributed by atoms with Crippen LogP contribution in [0.1, 0.15) is 27.8 Å². The number of benzene rings is 3. The number of anilines is 1. The Morgan fingerprint density at radius 2 is 1.76 bits per heavy atom. The molecule has 0 atom stereocenters. The van der Waals surface area contributed by atoms with Gasteiger partial charge in [-0.2, -0.15) is 0 Å². The van der Waals surface area contributed by atoms with E-state index in [1.54, 1.807) is 7.11 Å². The van der Waals surface area contributed by atoms with Gasteiger partial charge in [-0.3, -0.25) is 0 Å². The molecule has 3 aromatic rings. The number of rotatable bonds is 9. The summed E-state index contributed by atoms with van der Waals surface area (Å²) in [5, 5.41) is 3.55. The minimum atomic E-state index is 0.501. The third kappa shape index (κ3) is 5.20. The quantitative estimate of drug-likeness (QED) is 0.441. The van der Waals surface area contributed by atoms with Crippen molar-refractivity contribution in [3.63, 3.8) is 0 Å². The van der Waals surface area contributed by atoms with Crippen LogP contribution in [0.25, 0.3) is 0 Å². The lowest BCUT2D eigenvalue weighted by Gasteiger charge is -2.18. The topological polar surface area (TPSA) is 30.5 Å². The summed E-state index contributed by atoms with van der Waals surface area (Å²) in [6.07, 6.45) is 2.61. The molecule has 1 N–H and O–H groups in total. The summed E-state index contributed by atoms with van der Waals surface area (Å²) in [7, 11) is 1.68. The molecule has 0 unspecified atom stereocenters. The Labute approximate surface area is 174 Å². The van der Waals surface area contributed by atoms with E-state index in [0.717, 1.165) is 40.3 Å². The van der Waals surface area contributed by atoms with Gasteiger partial charge in [0.05, 0.1) is 7.11 Å². The first-order valence-electron chi connectivity index (χ1n) is 9.90. The number of hydrogen-bond acceptors (Lipinski definition) is 3. The van der Waals surface area contributed by atoms with Crippen molar-refractivity contribution >= 4 is 5.69 Å². The number of allylic oxidation sites excluding steroid dienone is 1. The molecule has 0 aliphatic rings. The van der Waals surface area contributed by atoms with Gasteiger partial charge in [0.25, 0.3) is 0 Å². The molecule has 0 aliphatic carbocycles. The fourth-order valence-corrected chi connectivity index (χ4v) is 3.32. The molecule has 0 radical (unpaired) electrons. The number of nitrogens with one attached hydrogen (secondary N) is 1. The highest BCUT2D eigenvalue weighted by Gasteiger charge is 2.13. The van der Waals surface area contributed by atoms with E-state index in [0.29, 0.717) is 13.2 Å². The first-order chi connectivity index (χ1) is 14.1. The lowest BCUT2D eigenvalue weighted by molar-refractivity contribution is 0.281. The van der Waals surface area contributed by atoms with E-state index in [1.165, 1.54) is 11.1 Å². The van der Waals surface area contributed by atoms with Crippen molar-refractivity contribution in [3.8, 4) is 11.5 Å². The molecule has 3 rings (SSSR count). The SMILES string of the molecule is C=CCc1cc(CNc2cccc(C)c2C)cc(OC)c1OCc1ccccc1. The van der Waals surface area contributed by atoms with Crippen molar-refractivity contribution in [1.82, 2.24) is 0 Å². The monoisotopic (exact) mass is 387 g/mol. The summed E-state index contributed by atoms with van der Waals surface area (Å²) in [6, 6.07) is 20.7. The highest BCUT2D eigenvalue weighted by atomic mass is 16.5. The van der Waals surface area contributed by atoms with E-state index >= 15 is 0 Å². The maximum absolute atomic E-state index is 6.16. The highest BCUT2D eigenvalue weighted by molar-refractivity contribution is 5.55. The van der Waals surface area contributed by atoms with Crippen LogP contribution in [0.15, 0.2) is 73.3 Å². The second-order valence-electron chi connectivity index (χ2n) is 7.15. The van der Waals surface area contributed by atoms with E-state index in [1.807, 2.05) is 30.3 Å². The summed E-state index contributed by atoms with van der Waals surface area (Å²) < 4.78 is 11.8. The van der Waals surface area contributed by atoms with Crippen LogP contribution >= 0.6 is 0 Å². The molecule has 29 heavy (non-hydrogen) atoms. The predicted octanol–water partition coefficient (Wildman–Crippen LogP) is 6.23. The summed E-state index contributed by atoms with van der Waals surface area (Å²) >= 11 is 0. The molecule has 3 aromatic carbocycles. The summed E-state index contributed by atoms with van der Waals surface area (Å²) in [4.78, 5) is 0. The zero-order valence-corrected chi connectivity index (χ0v) is 17.5. The molecule has 0 aromatic heterocycles. The van der Waals surface area contributed by atoms with Crippen LogP contribution in [-0.4, -0.2) is 7.11 Å². The van der Waals surface area contributed by atoms with E-state index in [2.05, 4.69) is 62.1 Å².